The highest BCUT2D eigenvalue weighted by atomic mass is 32.2. The Morgan fingerprint density at radius 3 is 2.12 bits per heavy atom. The van der Waals surface area contributed by atoms with E-state index in [1.807, 2.05) is 13.8 Å². The van der Waals surface area contributed by atoms with Gasteiger partial charge < -0.3 is 15.0 Å². The number of anilines is 1. The quantitative estimate of drug-likeness (QED) is 0.323. The van der Waals surface area contributed by atoms with Gasteiger partial charge in [-0.05, 0) is 73.9 Å². The third kappa shape index (κ3) is 7.59. The van der Waals surface area contributed by atoms with Gasteiger partial charge in [-0.1, -0.05) is 43.7 Å². The molecule has 0 heterocycles. The minimum Gasteiger partial charge on any atom is -0.497 e. The summed E-state index contributed by atoms with van der Waals surface area (Å²) >= 11 is 0. The van der Waals surface area contributed by atoms with Crippen molar-refractivity contribution in [3.63, 3.8) is 0 Å². The Morgan fingerprint density at radius 1 is 0.950 bits per heavy atom. The summed E-state index contributed by atoms with van der Waals surface area (Å²) in [5, 5.41) is 2.84. The topological polar surface area (TPSA) is 96.0 Å². The summed E-state index contributed by atoms with van der Waals surface area (Å²) in [5.74, 6) is -0.836. The molecule has 1 N–H and O–H groups in total. The third-order valence-corrected chi connectivity index (χ3v) is 8.24. The second-order valence-corrected chi connectivity index (χ2v) is 11.2. The number of carbonyl (C=O) groups is 2. The van der Waals surface area contributed by atoms with Gasteiger partial charge in [-0.2, -0.15) is 0 Å². The fraction of sp³-hybridized carbons (Fsp3) is 0.333. The van der Waals surface area contributed by atoms with Gasteiger partial charge in [0.25, 0.3) is 10.0 Å². The number of rotatable bonds is 13. The van der Waals surface area contributed by atoms with E-state index >= 15 is 0 Å². The molecule has 0 bridgehead atoms. The summed E-state index contributed by atoms with van der Waals surface area (Å²) < 4.78 is 47.5. The van der Waals surface area contributed by atoms with E-state index in [-0.39, 0.29) is 17.3 Å². The highest BCUT2D eigenvalue weighted by Gasteiger charge is 2.33. The molecule has 0 aromatic heterocycles. The predicted molar refractivity (Wildman–Crippen MR) is 153 cm³/mol. The number of amides is 2. The Bertz CT molecular complexity index is 1380. The van der Waals surface area contributed by atoms with Gasteiger partial charge in [-0.25, -0.2) is 12.8 Å². The van der Waals surface area contributed by atoms with E-state index in [0.29, 0.717) is 30.0 Å². The van der Waals surface area contributed by atoms with Gasteiger partial charge in [-0.3, -0.25) is 13.9 Å². The fourth-order valence-corrected chi connectivity index (χ4v) is 5.60. The Hall–Kier alpha value is -3.92. The van der Waals surface area contributed by atoms with Crippen molar-refractivity contribution in [1.29, 1.82) is 0 Å². The first kappa shape index (κ1) is 30.6. The average molecular weight is 570 g/mol. The zero-order valence-electron chi connectivity index (χ0n) is 23.3. The number of carbonyl (C=O) groups excluding carboxylic acids is 2. The fourth-order valence-electron chi connectivity index (χ4n) is 4.19. The molecule has 0 aliphatic heterocycles. The van der Waals surface area contributed by atoms with Crippen LogP contribution >= 0.6 is 0 Å². The molecule has 0 spiro atoms. The zero-order valence-corrected chi connectivity index (χ0v) is 24.1. The first-order chi connectivity index (χ1) is 19.1. The second-order valence-electron chi connectivity index (χ2n) is 9.39. The van der Waals surface area contributed by atoms with E-state index in [0.717, 1.165) is 16.3 Å². The largest absolute Gasteiger partial charge is 0.497 e. The lowest BCUT2D eigenvalue weighted by Crippen LogP contribution is -2.52. The maximum Gasteiger partial charge on any atom is 0.264 e. The van der Waals surface area contributed by atoms with Crippen molar-refractivity contribution in [3.05, 3.63) is 89.7 Å². The summed E-state index contributed by atoms with van der Waals surface area (Å²) in [5.41, 5.74) is 1.84. The van der Waals surface area contributed by atoms with Gasteiger partial charge >= 0.3 is 0 Å². The van der Waals surface area contributed by atoms with Crippen LogP contribution in [0.5, 0.6) is 5.75 Å². The van der Waals surface area contributed by atoms with Gasteiger partial charge in [0.1, 0.15) is 24.2 Å². The van der Waals surface area contributed by atoms with Crippen LogP contribution in [0, 0.1) is 12.7 Å². The van der Waals surface area contributed by atoms with Crippen molar-refractivity contribution in [2.75, 3.05) is 24.5 Å². The number of benzene rings is 3. The molecule has 0 aliphatic rings. The van der Waals surface area contributed by atoms with Crippen molar-refractivity contribution in [2.45, 2.75) is 51.1 Å². The number of hydrogen-bond donors (Lipinski definition) is 1. The molecule has 40 heavy (non-hydrogen) atoms. The van der Waals surface area contributed by atoms with Crippen LogP contribution in [0.25, 0.3) is 0 Å². The molecule has 0 aliphatic carbocycles. The lowest BCUT2D eigenvalue weighted by Gasteiger charge is -2.33. The molecular weight excluding hydrogens is 533 g/mol. The van der Waals surface area contributed by atoms with Crippen molar-refractivity contribution in [2.24, 2.45) is 0 Å². The maximum absolute atomic E-state index is 14.0. The van der Waals surface area contributed by atoms with Crippen molar-refractivity contribution in [3.8, 4) is 5.75 Å². The van der Waals surface area contributed by atoms with E-state index in [4.69, 9.17) is 4.74 Å². The second kappa shape index (κ2) is 13.9. The molecule has 0 radical (unpaired) electrons. The molecular formula is C30H36FN3O5S. The molecule has 8 nitrogen and oxygen atoms in total. The number of aryl methyl sites for hydroxylation is 1. The van der Waals surface area contributed by atoms with Crippen LogP contribution < -0.4 is 14.4 Å². The van der Waals surface area contributed by atoms with Gasteiger partial charge in [0.2, 0.25) is 11.8 Å². The van der Waals surface area contributed by atoms with E-state index < -0.39 is 34.3 Å². The van der Waals surface area contributed by atoms with Crippen LogP contribution in [-0.2, 0) is 26.2 Å². The number of ether oxygens (including phenoxy) is 1. The first-order valence-corrected chi connectivity index (χ1v) is 14.6. The van der Waals surface area contributed by atoms with Crippen molar-refractivity contribution < 1.29 is 27.1 Å². The summed E-state index contributed by atoms with van der Waals surface area (Å²) in [7, 11) is -2.70. The SMILES string of the molecule is CCCNC(=O)[C@@H](CC)N(Cc1ccc(F)cc1)C(=O)CN(c1ccc(C)cc1)S(=O)(=O)c1ccc(OC)cc1. The number of nitrogens with zero attached hydrogens (tertiary/aromatic N) is 2. The van der Waals surface area contributed by atoms with E-state index in [9.17, 15) is 22.4 Å². The predicted octanol–water partition coefficient (Wildman–Crippen LogP) is 4.67. The molecule has 3 aromatic carbocycles. The van der Waals surface area contributed by atoms with Gasteiger partial charge in [0.15, 0.2) is 0 Å². The van der Waals surface area contributed by atoms with E-state index in [1.54, 1.807) is 31.2 Å². The van der Waals surface area contributed by atoms with Gasteiger partial charge in [0, 0.05) is 13.1 Å². The van der Waals surface area contributed by atoms with E-state index in [1.165, 1.54) is 60.5 Å². The number of nitrogens with one attached hydrogen (secondary N) is 1. The standard InChI is InChI=1S/C30H36FN3O5S/c1-5-19-32-30(36)28(6-2)33(20-23-9-11-24(31)12-10-23)29(35)21-34(25-13-7-22(3)8-14-25)40(37,38)27-17-15-26(39-4)16-18-27/h7-18,28H,5-6,19-21H2,1-4H3,(H,32,36)/t28-/m1/s1. The molecule has 1 atom stereocenters. The van der Waals surface area contributed by atoms with Crippen molar-refractivity contribution in [1.82, 2.24) is 10.2 Å². The van der Waals surface area contributed by atoms with Crippen LogP contribution in [0.4, 0.5) is 10.1 Å². The van der Waals surface area contributed by atoms with Crippen LogP contribution in [-0.4, -0.2) is 51.4 Å². The number of sulfonamides is 1. The molecule has 10 heteroatoms. The zero-order chi connectivity index (χ0) is 29.3. The highest BCUT2D eigenvalue weighted by molar-refractivity contribution is 7.92. The summed E-state index contributed by atoms with van der Waals surface area (Å²) in [6.07, 6.45) is 1.02. The Balaban J connectivity index is 2.04. The lowest BCUT2D eigenvalue weighted by atomic mass is 10.1. The molecule has 3 aromatic rings. The number of methoxy groups -OCH3 is 1. The molecule has 0 saturated heterocycles. The average Bonchev–Trinajstić information content (AvgIpc) is 2.96. The van der Waals surface area contributed by atoms with Gasteiger partial charge in [0.05, 0.1) is 17.7 Å². The summed E-state index contributed by atoms with van der Waals surface area (Å²) in [6, 6.07) is 17.5. The molecule has 214 valence electrons. The molecule has 0 saturated carbocycles. The maximum atomic E-state index is 14.0. The summed E-state index contributed by atoms with van der Waals surface area (Å²) in [6.45, 7) is 5.48. The monoisotopic (exact) mass is 569 g/mol. The molecule has 3 rings (SSSR count). The Labute approximate surface area is 235 Å². The lowest BCUT2D eigenvalue weighted by molar-refractivity contribution is -0.140. The molecule has 0 unspecified atom stereocenters. The van der Waals surface area contributed by atoms with Crippen LogP contribution in [0.3, 0.4) is 0 Å². The first-order valence-electron chi connectivity index (χ1n) is 13.2. The number of hydrogen-bond acceptors (Lipinski definition) is 5. The van der Waals surface area contributed by atoms with E-state index in [2.05, 4.69) is 5.32 Å². The Kier molecular flexibility index (Phi) is 10.7. The Morgan fingerprint density at radius 2 is 1.57 bits per heavy atom. The minimum atomic E-state index is -4.19. The number of halogens is 1. The van der Waals surface area contributed by atoms with Crippen LogP contribution in [0.15, 0.2) is 77.7 Å². The summed E-state index contributed by atoms with van der Waals surface area (Å²) in [4.78, 5) is 28.4. The highest BCUT2D eigenvalue weighted by Crippen LogP contribution is 2.26. The molecule has 0 fully saturated rings. The van der Waals surface area contributed by atoms with Crippen LogP contribution in [0.2, 0.25) is 0 Å². The third-order valence-electron chi connectivity index (χ3n) is 6.45. The van der Waals surface area contributed by atoms with Crippen LogP contribution in [0.1, 0.15) is 37.8 Å². The van der Waals surface area contributed by atoms with Crippen molar-refractivity contribution >= 4 is 27.5 Å². The minimum absolute atomic E-state index is 0.00147. The van der Waals surface area contributed by atoms with Gasteiger partial charge in [-0.15, -0.1) is 0 Å². The normalized spacial score (nSPS) is 11.9. The smallest absolute Gasteiger partial charge is 0.264 e. The molecule has 2 amide bonds.